The van der Waals surface area contributed by atoms with Crippen LogP contribution in [-0.2, 0) is 4.74 Å². The summed E-state index contributed by atoms with van der Waals surface area (Å²) in [5.41, 5.74) is 0. The predicted octanol–water partition coefficient (Wildman–Crippen LogP) is 2.61. The molecule has 1 aromatic rings. The van der Waals surface area contributed by atoms with Crippen molar-refractivity contribution >= 4 is 0 Å². The summed E-state index contributed by atoms with van der Waals surface area (Å²) >= 11 is 0. The van der Waals surface area contributed by atoms with Crippen LogP contribution in [0.15, 0.2) is 24.3 Å². The lowest BCUT2D eigenvalue weighted by Gasteiger charge is -2.15. The van der Waals surface area contributed by atoms with Gasteiger partial charge in [-0.3, -0.25) is 0 Å². The van der Waals surface area contributed by atoms with Gasteiger partial charge in [-0.15, -0.1) is 0 Å². The third-order valence-electron chi connectivity index (χ3n) is 2.43. The fourth-order valence-corrected chi connectivity index (χ4v) is 1.54. The molecule has 4 heteroatoms. The van der Waals surface area contributed by atoms with Gasteiger partial charge < -0.3 is 14.8 Å². The van der Waals surface area contributed by atoms with Crippen molar-refractivity contribution in [3.63, 3.8) is 0 Å². The predicted molar refractivity (Wildman–Crippen MR) is 70.5 cm³/mol. The molecule has 0 saturated heterocycles. The number of ether oxygens (including phenoxy) is 2. The first kappa shape index (κ1) is 14.9. The van der Waals surface area contributed by atoms with E-state index in [0.717, 1.165) is 32.7 Å². The maximum Gasteiger partial charge on any atom is 0.123 e. The normalized spacial score (nSPS) is 12.4. The van der Waals surface area contributed by atoms with Gasteiger partial charge in [0.15, 0.2) is 0 Å². The zero-order valence-corrected chi connectivity index (χ0v) is 11.1. The highest BCUT2D eigenvalue weighted by Gasteiger charge is 2.03. The van der Waals surface area contributed by atoms with Gasteiger partial charge in [-0.1, -0.05) is 0 Å². The molecule has 0 bridgehead atoms. The van der Waals surface area contributed by atoms with Crippen LogP contribution >= 0.6 is 0 Å². The Bertz CT molecular complexity index is 316. The number of hydrogen-bond acceptors (Lipinski definition) is 3. The van der Waals surface area contributed by atoms with E-state index in [0.29, 0.717) is 5.75 Å². The Morgan fingerprint density at radius 2 is 2.00 bits per heavy atom. The summed E-state index contributed by atoms with van der Waals surface area (Å²) in [5, 5.41) is 3.30. The van der Waals surface area contributed by atoms with Gasteiger partial charge in [-0.05, 0) is 51.1 Å². The molecule has 0 aliphatic rings. The Morgan fingerprint density at radius 1 is 1.28 bits per heavy atom. The standard InChI is InChI=1S/C14H22FNO2/c1-3-17-10-4-9-16-11-12(2)18-14-7-5-13(15)6-8-14/h5-8,12,16H,3-4,9-11H2,1-2H3. The summed E-state index contributed by atoms with van der Waals surface area (Å²) < 4.78 is 23.6. The minimum atomic E-state index is -0.246. The summed E-state index contributed by atoms with van der Waals surface area (Å²) in [7, 11) is 0. The molecular formula is C14H22FNO2. The molecule has 0 aromatic heterocycles. The topological polar surface area (TPSA) is 30.5 Å². The van der Waals surface area contributed by atoms with Crippen molar-refractivity contribution in [3.8, 4) is 5.75 Å². The van der Waals surface area contributed by atoms with Crippen molar-refractivity contribution in [2.45, 2.75) is 26.4 Å². The summed E-state index contributed by atoms with van der Waals surface area (Å²) in [6.07, 6.45) is 1.06. The van der Waals surface area contributed by atoms with Crippen molar-refractivity contribution in [1.29, 1.82) is 0 Å². The van der Waals surface area contributed by atoms with Crippen LogP contribution in [0, 0.1) is 5.82 Å². The summed E-state index contributed by atoms with van der Waals surface area (Å²) in [6, 6.07) is 6.08. The van der Waals surface area contributed by atoms with Crippen LogP contribution in [0.25, 0.3) is 0 Å². The average Bonchev–Trinajstić information content (AvgIpc) is 2.36. The Morgan fingerprint density at radius 3 is 2.67 bits per heavy atom. The highest BCUT2D eigenvalue weighted by Crippen LogP contribution is 2.12. The molecule has 1 rings (SSSR count). The van der Waals surface area contributed by atoms with Crippen LogP contribution in [0.5, 0.6) is 5.75 Å². The molecule has 0 heterocycles. The van der Waals surface area contributed by atoms with Gasteiger partial charge in [0, 0.05) is 19.8 Å². The third-order valence-corrected chi connectivity index (χ3v) is 2.43. The first-order valence-corrected chi connectivity index (χ1v) is 6.43. The number of nitrogens with one attached hydrogen (secondary N) is 1. The van der Waals surface area contributed by atoms with E-state index in [4.69, 9.17) is 9.47 Å². The van der Waals surface area contributed by atoms with Gasteiger partial charge in [0.1, 0.15) is 17.7 Å². The first-order chi connectivity index (χ1) is 8.72. The van der Waals surface area contributed by atoms with Crippen LogP contribution in [0.2, 0.25) is 0 Å². The lowest BCUT2D eigenvalue weighted by atomic mass is 10.3. The molecule has 0 aliphatic heterocycles. The van der Waals surface area contributed by atoms with Gasteiger partial charge in [0.2, 0.25) is 0 Å². The smallest absolute Gasteiger partial charge is 0.123 e. The van der Waals surface area contributed by atoms with Crippen molar-refractivity contribution in [2.75, 3.05) is 26.3 Å². The monoisotopic (exact) mass is 255 g/mol. The minimum Gasteiger partial charge on any atom is -0.489 e. The molecule has 1 aromatic carbocycles. The van der Waals surface area contributed by atoms with Gasteiger partial charge in [0.05, 0.1) is 0 Å². The fourth-order valence-electron chi connectivity index (χ4n) is 1.54. The molecule has 0 radical (unpaired) electrons. The van der Waals surface area contributed by atoms with E-state index in [2.05, 4.69) is 5.32 Å². The van der Waals surface area contributed by atoms with Gasteiger partial charge in [-0.25, -0.2) is 4.39 Å². The SMILES string of the molecule is CCOCCCNCC(C)Oc1ccc(F)cc1. The molecule has 3 nitrogen and oxygen atoms in total. The molecule has 102 valence electrons. The lowest BCUT2D eigenvalue weighted by molar-refractivity contribution is 0.143. The number of rotatable bonds is 9. The molecule has 1 atom stereocenters. The second kappa shape index (κ2) is 8.89. The number of benzene rings is 1. The summed E-state index contributed by atoms with van der Waals surface area (Å²) in [4.78, 5) is 0. The molecule has 1 N–H and O–H groups in total. The lowest BCUT2D eigenvalue weighted by Crippen LogP contribution is -2.30. The van der Waals surface area contributed by atoms with E-state index in [1.807, 2.05) is 13.8 Å². The zero-order chi connectivity index (χ0) is 13.2. The van der Waals surface area contributed by atoms with Crippen molar-refractivity contribution in [1.82, 2.24) is 5.32 Å². The molecule has 0 saturated carbocycles. The van der Waals surface area contributed by atoms with Crippen molar-refractivity contribution < 1.29 is 13.9 Å². The second-order valence-electron chi connectivity index (χ2n) is 4.14. The first-order valence-electron chi connectivity index (χ1n) is 6.43. The van der Waals surface area contributed by atoms with Gasteiger partial charge in [0.25, 0.3) is 0 Å². The van der Waals surface area contributed by atoms with Crippen LogP contribution in [0.4, 0.5) is 4.39 Å². The molecule has 18 heavy (non-hydrogen) atoms. The molecule has 0 amide bonds. The summed E-state index contributed by atoms with van der Waals surface area (Å²) in [5.74, 6) is 0.448. The van der Waals surface area contributed by atoms with E-state index in [9.17, 15) is 4.39 Å². The molecule has 0 aliphatic carbocycles. The van der Waals surface area contributed by atoms with E-state index >= 15 is 0 Å². The van der Waals surface area contributed by atoms with E-state index in [1.165, 1.54) is 12.1 Å². The molecule has 0 fully saturated rings. The van der Waals surface area contributed by atoms with Crippen molar-refractivity contribution in [2.24, 2.45) is 0 Å². The Labute approximate surface area is 108 Å². The zero-order valence-electron chi connectivity index (χ0n) is 11.1. The van der Waals surface area contributed by atoms with Gasteiger partial charge in [-0.2, -0.15) is 0 Å². The molecular weight excluding hydrogens is 233 g/mol. The quantitative estimate of drug-likeness (QED) is 0.688. The largest absolute Gasteiger partial charge is 0.489 e. The Balaban J connectivity index is 2.10. The Kier molecular flexibility index (Phi) is 7.37. The maximum atomic E-state index is 12.7. The highest BCUT2D eigenvalue weighted by atomic mass is 19.1. The maximum absolute atomic E-state index is 12.7. The van der Waals surface area contributed by atoms with Crippen LogP contribution in [0.3, 0.4) is 0 Å². The van der Waals surface area contributed by atoms with Crippen molar-refractivity contribution in [3.05, 3.63) is 30.1 Å². The van der Waals surface area contributed by atoms with Crippen LogP contribution in [0.1, 0.15) is 20.3 Å². The Hall–Kier alpha value is -1.13. The second-order valence-corrected chi connectivity index (χ2v) is 4.14. The van der Waals surface area contributed by atoms with Gasteiger partial charge >= 0.3 is 0 Å². The third kappa shape index (κ3) is 6.57. The van der Waals surface area contributed by atoms with E-state index in [1.54, 1.807) is 12.1 Å². The van der Waals surface area contributed by atoms with E-state index in [-0.39, 0.29) is 11.9 Å². The molecule has 0 spiro atoms. The highest BCUT2D eigenvalue weighted by molar-refractivity contribution is 5.22. The number of hydrogen-bond donors (Lipinski definition) is 1. The van der Waals surface area contributed by atoms with Crippen LogP contribution in [-0.4, -0.2) is 32.4 Å². The minimum absolute atomic E-state index is 0.0579. The fraction of sp³-hybridized carbons (Fsp3) is 0.571. The summed E-state index contributed by atoms with van der Waals surface area (Å²) in [6.45, 7) is 7.21. The van der Waals surface area contributed by atoms with Crippen LogP contribution < -0.4 is 10.1 Å². The van der Waals surface area contributed by atoms with E-state index < -0.39 is 0 Å². The average molecular weight is 255 g/mol. The number of halogens is 1. The molecule has 1 unspecified atom stereocenters.